The van der Waals surface area contributed by atoms with Crippen LogP contribution in [-0.4, -0.2) is 23.7 Å². The predicted molar refractivity (Wildman–Crippen MR) is 101 cm³/mol. The van der Waals surface area contributed by atoms with E-state index < -0.39 is 6.61 Å². The molecule has 0 bridgehead atoms. The number of hydrogen-bond donors (Lipinski definition) is 1. The van der Waals surface area contributed by atoms with Crippen LogP contribution in [0.1, 0.15) is 30.9 Å². The maximum atomic E-state index is 12.2. The van der Waals surface area contributed by atoms with Crippen LogP contribution in [0.4, 0.5) is 14.5 Å². The molecule has 0 aliphatic carbocycles. The summed E-state index contributed by atoms with van der Waals surface area (Å²) in [6, 6.07) is 14.6. The largest absolute Gasteiger partial charge is 0.435 e. The zero-order valence-electron chi connectivity index (χ0n) is 14.5. The van der Waals surface area contributed by atoms with E-state index in [1.54, 1.807) is 12.1 Å². The van der Waals surface area contributed by atoms with Gasteiger partial charge in [-0.25, -0.2) is 0 Å². The number of thiocarbonyl (C=S) groups is 1. The van der Waals surface area contributed by atoms with Gasteiger partial charge < -0.3 is 15.0 Å². The van der Waals surface area contributed by atoms with Crippen molar-refractivity contribution in [3.05, 3.63) is 59.7 Å². The molecule has 134 valence electrons. The molecule has 1 N–H and O–H groups in total. The highest BCUT2D eigenvalue weighted by molar-refractivity contribution is 7.80. The van der Waals surface area contributed by atoms with Gasteiger partial charge in [0, 0.05) is 19.3 Å². The van der Waals surface area contributed by atoms with Crippen LogP contribution < -0.4 is 10.1 Å². The lowest BCUT2D eigenvalue weighted by Crippen LogP contribution is -2.31. The van der Waals surface area contributed by atoms with Gasteiger partial charge in [-0.1, -0.05) is 44.2 Å². The van der Waals surface area contributed by atoms with Crippen molar-refractivity contribution in [2.45, 2.75) is 32.9 Å². The fourth-order valence-electron chi connectivity index (χ4n) is 2.45. The molecule has 2 aromatic rings. The molecule has 0 spiro atoms. The first-order valence-electron chi connectivity index (χ1n) is 8.01. The molecule has 0 saturated carbocycles. The highest BCUT2D eigenvalue weighted by Gasteiger charge is 2.11. The monoisotopic (exact) mass is 364 g/mol. The Morgan fingerprint density at radius 3 is 2.36 bits per heavy atom. The molecule has 0 aromatic heterocycles. The van der Waals surface area contributed by atoms with E-state index in [1.807, 2.05) is 30.1 Å². The van der Waals surface area contributed by atoms with Crippen LogP contribution in [0.3, 0.4) is 0 Å². The third-order valence-electron chi connectivity index (χ3n) is 3.74. The summed E-state index contributed by atoms with van der Waals surface area (Å²) in [5.74, 6) is 0.534. The van der Waals surface area contributed by atoms with Gasteiger partial charge in [-0.05, 0) is 47.5 Å². The normalized spacial score (nSPS) is 10.8. The molecule has 0 aliphatic rings. The summed E-state index contributed by atoms with van der Waals surface area (Å²) in [6.45, 7) is 2.02. The third-order valence-corrected chi connectivity index (χ3v) is 4.15. The topological polar surface area (TPSA) is 24.5 Å². The number of ether oxygens (including phenoxy) is 1. The first-order chi connectivity index (χ1) is 11.9. The van der Waals surface area contributed by atoms with Gasteiger partial charge in [0.15, 0.2) is 5.11 Å². The van der Waals surface area contributed by atoms with Gasteiger partial charge in [0.1, 0.15) is 5.75 Å². The van der Waals surface area contributed by atoms with Crippen molar-refractivity contribution < 1.29 is 13.5 Å². The number of rotatable bonds is 6. The molecule has 25 heavy (non-hydrogen) atoms. The summed E-state index contributed by atoms with van der Waals surface area (Å²) in [4.78, 5) is 1.90. The van der Waals surface area contributed by atoms with Crippen LogP contribution in [0.5, 0.6) is 5.75 Å². The molecule has 6 heteroatoms. The smallest absolute Gasteiger partial charge is 0.387 e. The van der Waals surface area contributed by atoms with E-state index in [2.05, 4.69) is 30.0 Å². The van der Waals surface area contributed by atoms with Crippen LogP contribution in [0.15, 0.2) is 48.5 Å². The van der Waals surface area contributed by atoms with Gasteiger partial charge >= 0.3 is 6.61 Å². The number of halogens is 2. The molecule has 0 unspecified atom stereocenters. The van der Waals surface area contributed by atoms with Crippen LogP contribution in [0, 0.1) is 0 Å². The van der Waals surface area contributed by atoms with Crippen molar-refractivity contribution in [2.24, 2.45) is 0 Å². The highest BCUT2D eigenvalue weighted by atomic mass is 32.1. The fraction of sp³-hybridized carbons (Fsp3) is 0.316. The number of para-hydroxylation sites is 1. The second-order valence-corrected chi connectivity index (χ2v) is 6.44. The molecule has 0 radical (unpaired) electrons. The lowest BCUT2D eigenvalue weighted by atomic mass is 10.0. The fourth-order valence-corrected chi connectivity index (χ4v) is 2.62. The predicted octanol–water partition coefficient (Wildman–Crippen LogP) is 5.24. The van der Waals surface area contributed by atoms with E-state index in [9.17, 15) is 8.78 Å². The van der Waals surface area contributed by atoms with Crippen molar-refractivity contribution in [3.8, 4) is 5.75 Å². The minimum Gasteiger partial charge on any atom is -0.435 e. The Morgan fingerprint density at radius 2 is 1.76 bits per heavy atom. The molecule has 0 aliphatic heterocycles. The minimum atomic E-state index is -2.81. The number of alkyl halides is 2. The Kier molecular flexibility index (Phi) is 6.70. The lowest BCUT2D eigenvalue weighted by Gasteiger charge is -2.23. The van der Waals surface area contributed by atoms with Crippen LogP contribution >= 0.6 is 12.2 Å². The summed E-state index contributed by atoms with van der Waals surface area (Å²) in [7, 11) is 1.89. The quantitative estimate of drug-likeness (QED) is 0.709. The summed E-state index contributed by atoms with van der Waals surface area (Å²) in [5.41, 5.74) is 3.15. The first kappa shape index (κ1) is 19.1. The van der Waals surface area contributed by atoms with E-state index in [0.29, 0.717) is 17.6 Å². The Labute approximate surface area is 152 Å². The molecule has 0 atom stereocenters. The van der Waals surface area contributed by atoms with Gasteiger partial charge in [0.05, 0.1) is 0 Å². The molecule has 3 nitrogen and oxygen atoms in total. The molecule has 0 fully saturated rings. The summed E-state index contributed by atoms with van der Waals surface area (Å²) >= 11 is 5.48. The SMILES string of the molecule is CC(C)c1ccccc1NC(=S)N(C)Cc1ccc(OC(F)F)cc1. The van der Waals surface area contributed by atoms with E-state index >= 15 is 0 Å². The zero-order chi connectivity index (χ0) is 18.4. The molecule has 2 aromatic carbocycles. The maximum Gasteiger partial charge on any atom is 0.387 e. The van der Waals surface area contributed by atoms with E-state index in [0.717, 1.165) is 11.3 Å². The molecular formula is C19H22F2N2OS. The molecule has 2 rings (SSSR count). The summed E-state index contributed by atoms with van der Waals surface area (Å²) in [6.07, 6.45) is 0. The van der Waals surface area contributed by atoms with Gasteiger partial charge in [0.2, 0.25) is 0 Å². The Morgan fingerprint density at radius 1 is 1.12 bits per heavy atom. The molecule has 0 heterocycles. The third kappa shape index (κ3) is 5.67. The second kappa shape index (κ2) is 8.76. The highest BCUT2D eigenvalue weighted by Crippen LogP contribution is 2.24. The van der Waals surface area contributed by atoms with Gasteiger partial charge in [0.25, 0.3) is 0 Å². The number of benzene rings is 2. The average Bonchev–Trinajstić information content (AvgIpc) is 2.56. The van der Waals surface area contributed by atoms with Crippen molar-refractivity contribution >= 4 is 23.0 Å². The van der Waals surface area contributed by atoms with Crippen molar-refractivity contribution in [3.63, 3.8) is 0 Å². The van der Waals surface area contributed by atoms with E-state index in [-0.39, 0.29) is 5.75 Å². The maximum absolute atomic E-state index is 12.2. The minimum absolute atomic E-state index is 0.146. The van der Waals surface area contributed by atoms with Crippen LogP contribution in [0.2, 0.25) is 0 Å². The Balaban J connectivity index is 1.99. The molecule has 0 saturated heterocycles. The van der Waals surface area contributed by atoms with E-state index in [1.165, 1.54) is 17.7 Å². The number of anilines is 1. The van der Waals surface area contributed by atoms with Crippen molar-refractivity contribution in [1.82, 2.24) is 4.90 Å². The van der Waals surface area contributed by atoms with Crippen molar-refractivity contribution in [2.75, 3.05) is 12.4 Å². The zero-order valence-corrected chi connectivity index (χ0v) is 15.3. The average molecular weight is 364 g/mol. The second-order valence-electron chi connectivity index (χ2n) is 6.05. The standard InChI is InChI=1S/C19H22F2N2OS/c1-13(2)16-6-4-5-7-17(16)22-19(25)23(3)12-14-8-10-15(11-9-14)24-18(20)21/h4-11,13,18H,12H2,1-3H3,(H,22,25). The summed E-state index contributed by atoms with van der Waals surface area (Å²) < 4.78 is 28.7. The summed E-state index contributed by atoms with van der Waals surface area (Å²) in [5, 5.41) is 3.88. The number of nitrogens with zero attached hydrogens (tertiary/aromatic N) is 1. The van der Waals surface area contributed by atoms with Crippen LogP contribution in [-0.2, 0) is 6.54 Å². The number of nitrogens with one attached hydrogen (secondary N) is 1. The van der Waals surface area contributed by atoms with Gasteiger partial charge in [-0.3, -0.25) is 0 Å². The van der Waals surface area contributed by atoms with E-state index in [4.69, 9.17) is 12.2 Å². The van der Waals surface area contributed by atoms with Gasteiger partial charge in [-0.2, -0.15) is 8.78 Å². The van der Waals surface area contributed by atoms with Gasteiger partial charge in [-0.15, -0.1) is 0 Å². The van der Waals surface area contributed by atoms with Crippen molar-refractivity contribution in [1.29, 1.82) is 0 Å². The van der Waals surface area contributed by atoms with Crippen LogP contribution in [0.25, 0.3) is 0 Å². The Hall–Kier alpha value is -2.21. The first-order valence-corrected chi connectivity index (χ1v) is 8.42. The number of hydrogen-bond acceptors (Lipinski definition) is 2. The molecular weight excluding hydrogens is 342 g/mol. The lowest BCUT2D eigenvalue weighted by molar-refractivity contribution is -0.0498. The molecule has 0 amide bonds. The Bertz CT molecular complexity index is 705.